The zero-order valence-electron chi connectivity index (χ0n) is 7.93. The van der Waals surface area contributed by atoms with E-state index in [-0.39, 0.29) is 5.78 Å². The van der Waals surface area contributed by atoms with Crippen LogP contribution >= 0.6 is 38.5 Å². The van der Waals surface area contributed by atoms with Crippen molar-refractivity contribution in [3.05, 3.63) is 25.7 Å². The third kappa shape index (κ3) is 2.70. The van der Waals surface area contributed by atoms with Crippen molar-refractivity contribution in [2.75, 3.05) is 6.61 Å². The van der Waals surface area contributed by atoms with Crippen molar-refractivity contribution < 1.29 is 9.53 Å². The first-order valence-electron chi connectivity index (χ1n) is 4.19. The van der Waals surface area contributed by atoms with Gasteiger partial charge in [0.05, 0.1) is 11.1 Å². The Morgan fingerprint density at radius 3 is 2.71 bits per heavy atom. The predicted octanol–water partition coefficient (Wildman–Crippen LogP) is 3.66. The molecule has 0 fully saturated rings. The van der Waals surface area contributed by atoms with Crippen LogP contribution in [0.3, 0.4) is 0 Å². The molecule has 0 unspecified atom stereocenters. The molecule has 0 aliphatic heterocycles. The van der Waals surface area contributed by atoms with E-state index in [0.717, 1.165) is 13.8 Å². The molecule has 1 rings (SSSR count). The molecular weight excluding hydrogens is 359 g/mol. The lowest BCUT2D eigenvalue weighted by molar-refractivity contribution is 0.101. The smallest absolute Gasteiger partial charge is 0.159 e. The van der Waals surface area contributed by atoms with Gasteiger partial charge in [-0.3, -0.25) is 4.79 Å². The van der Waals surface area contributed by atoms with Crippen LogP contribution in [0.5, 0.6) is 5.75 Å². The summed E-state index contributed by atoms with van der Waals surface area (Å²) in [6.45, 7) is 4.06. The van der Waals surface area contributed by atoms with Crippen LogP contribution in [-0.4, -0.2) is 12.4 Å². The van der Waals surface area contributed by atoms with Crippen molar-refractivity contribution in [1.82, 2.24) is 0 Å². The van der Waals surface area contributed by atoms with Gasteiger partial charge in [-0.25, -0.2) is 0 Å². The van der Waals surface area contributed by atoms with Crippen LogP contribution in [0.25, 0.3) is 0 Å². The number of Topliss-reactive ketones (excluding diaryl/α,β-unsaturated/α-hetero) is 1. The highest BCUT2D eigenvalue weighted by Crippen LogP contribution is 2.31. The SMILES string of the molecule is CCOc1cc(C(C)=O)cc(I)c1Br. The zero-order valence-corrected chi connectivity index (χ0v) is 11.7. The maximum atomic E-state index is 11.2. The van der Waals surface area contributed by atoms with Crippen molar-refractivity contribution in [3.63, 3.8) is 0 Å². The normalized spacial score (nSPS) is 10.0. The van der Waals surface area contributed by atoms with Crippen LogP contribution in [0.1, 0.15) is 24.2 Å². The molecule has 0 aromatic heterocycles. The Bertz CT molecular complexity index is 363. The van der Waals surface area contributed by atoms with E-state index in [0.29, 0.717) is 12.2 Å². The van der Waals surface area contributed by atoms with Crippen LogP contribution in [0.4, 0.5) is 0 Å². The molecule has 4 heteroatoms. The molecule has 0 saturated carbocycles. The molecule has 1 aromatic rings. The summed E-state index contributed by atoms with van der Waals surface area (Å²) >= 11 is 5.59. The second-order valence-electron chi connectivity index (χ2n) is 2.76. The average molecular weight is 369 g/mol. The van der Waals surface area contributed by atoms with Crippen molar-refractivity contribution in [1.29, 1.82) is 0 Å². The fourth-order valence-corrected chi connectivity index (χ4v) is 1.97. The molecule has 0 N–H and O–H groups in total. The third-order valence-electron chi connectivity index (χ3n) is 1.70. The Balaban J connectivity index is 3.20. The van der Waals surface area contributed by atoms with Gasteiger partial charge < -0.3 is 4.74 Å². The molecule has 1 aromatic carbocycles. The van der Waals surface area contributed by atoms with E-state index in [2.05, 4.69) is 38.5 Å². The Morgan fingerprint density at radius 1 is 1.57 bits per heavy atom. The van der Waals surface area contributed by atoms with Gasteiger partial charge in [-0.05, 0) is 64.5 Å². The number of rotatable bonds is 3. The lowest BCUT2D eigenvalue weighted by atomic mass is 10.1. The summed E-state index contributed by atoms with van der Waals surface area (Å²) in [5, 5.41) is 0. The Morgan fingerprint density at radius 2 is 2.21 bits per heavy atom. The lowest BCUT2D eigenvalue weighted by Gasteiger charge is -2.08. The highest BCUT2D eigenvalue weighted by atomic mass is 127. The molecule has 0 atom stereocenters. The molecule has 0 saturated heterocycles. The summed E-state index contributed by atoms with van der Waals surface area (Å²) in [4.78, 5) is 11.2. The first-order chi connectivity index (χ1) is 6.56. The molecule has 0 bridgehead atoms. The van der Waals surface area contributed by atoms with Gasteiger partial charge in [0.2, 0.25) is 0 Å². The van der Waals surface area contributed by atoms with Crippen LogP contribution in [-0.2, 0) is 0 Å². The lowest BCUT2D eigenvalue weighted by Crippen LogP contribution is -1.98. The van der Waals surface area contributed by atoms with Crippen LogP contribution < -0.4 is 4.74 Å². The first kappa shape index (κ1) is 12.0. The van der Waals surface area contributed by atoms with Crippen LogP contribution in [0.15, 0.2) is 16.6 Å². The van der Waals surface area contributed by atoms with E-state index < -0.39 is 0 Å². The molecule has 2 nitrogen and oxygen atoms in total. The van der Waals surface area contributed by atoms with Gasteiger partial charge >= 0.3 is 0 Å². The fourth-order valence-electron chi connectivity index (χ4n) is 1.03. The number of halogens is 2. The van der Waals surface area contributed by atoms with Gasteiger partial charge in [0.15, 0.2) is 5.78 Å². The number of carbonyl (C=O) groups excluding carboxylic acids is 1. The molecule has 0 spiro atoms. The Kier molecular flexibility index (Phi) is 4.37. The second-order valence-corrected chi connectivity index (χ2v) is 4.71. The quantitative estimate of drug-likeness (QED) is 0.601. The minimum atomic E-state index is 0.0522. The van der Waals surface area contributed by atoms with Gasteiger partial charge in [-0.15, -0.1) is 0 Å². The van der Waals surface area contributed by atoms with Crippen LogP contribution in [0, 0.1) is 3.57 Å². The number of carbonyl (C=O) groups is 1. The van der Waals surface area contributed by atoms with Gasteiger partial charge in [0, 0.05) is 9.13 Å². The molecule has 0 aliphatic rings. The van der Waals surface area contributed by atoms with E-state index in [4.69, 9.17) is 4.74 Å². The molecule has 76 valence electrons. The number of ether oxygens (including phenoxy) is 1. The van der Waals surface area contributed by atoms with Crippen molar-refractivity contribution >= 4 is 44.3 Å². The van der Waals surface area contributed by atoms with Gasteiger partial charge in [-0.2, -0.15) is 0 Å². The van der Waals surface area contributed by atoms with E-state index in [1.807, 2.05) is 13.0 Å². The Labute approximate surface area is 105 Å². The maximum Gasteiger partial charge on any atom is 0.159 e. The number of ketones is 1. The minimum absolute atomic E-state index is 0.0522. The number of hydrogen-bond acceptors (Lipinski definition) is 2. The monoisotopic (exact) mass is 368 g/mol. The minimum Gasteiger partial charge on any atom is -0.493 e. The van der Waals surface area contributed by atoms with E-state index in [1.54, 1.807) is 13.0 Å². The summed E-state index contributed by atoms with van der Waals surface area (Å²) in [6, 6.07) is 3.60. The average Bonchev–Trinajstić information content (AvgIpc) is 2.12. The number of benzene rings is 1. The van der Waals surface area contributed by atoms with Crippen molar-refractivity contribution in [2.24, 2.45) is 0 Å². The van der Waals surface area contributed by atoms with Gasteiger partial charge in [0.1, 0.15) is 5.75 Å². The van der Waals surface area contributed by atoms with E-state index in [9.17, 15) is 4.79 Å². The summed E-state index contributed by atoms with van der Waals surface area (Å²) < 4.78 is 7.30. The summed E-state index contributed by atoms with van der Waals surface area (Å²) in [5.74, 6) is 0.779. The van der Waals surface area contributed by atoms with Crippen LogP contribution in [0.2, 0.25) is 0 Å². The summed E-state index contributed by atoms with van der Waals surface area (Å²) in [5.41, 5.74) is 0.682. The van der Waals surface area contributed by atoms with E-state index >= 15 is 0 Å². The summed E-state index contributed by atoms with van der Waals surface area (Å²) in [6.07, 6.45) is 0. The topological polar surface area (TPSA) is 26.3 Å². The molecule has 0 radical (unpaired) electrons. The Hall–Kier alpha value is -0.100. The summed E-state index contributed by atoms with van der Waals surface area (Å²) in [7, 11) is 0. The highest BCUT2D eigenvalue weighted by molar-refractivity contribution is 14.1. The van der Waals surface area contributed by atoms with Gasteiger partial charge in [0.25, 0.3) is 0 Å². The molecule has 0 aliphatic carbocycles. The van der Waals surface area contributed by atoms with Crippen molar-refractivity contribution in [2.45, 2.75) is 13.8 Å². The largest absolute Gasteiger partial charge is 0.493 e. The van der Waals surface area contributed by atoms with Crippen molar-refractivity contribution in [3.8, 4) is 5.75 Å². The fraction of sp³-hybridized carbons (Fsp3) is 0.300. The predicted molar refractivity (Wildman–Crippen MR) is 68.0 cm³/mol. The second kappa shape index (κ2) is 5.11. The number of hydrogen-bond donors (Lipinski definition) is 0. The van der Waals surface area contributed by atoms with E-state index in [1.165, 1.54) is 0 Å². The highest BCUT2D eigenvalue weighted by Gasteiger charge is 2.09. The third-order valence-corrected chi connectivity index (χ3v) is 4.11. The maximum absolute atomic E-state index is 11.2. The molecule has 0 amide bonds. The van der Waals surface area contributed by atoms with Gasteiger partial charge in [-0.1, -0.05) is 0 Å². The molecular formula is C10H10BrIO2. The molecule has 14 heavy (non-hydrogen) atoms. The molecule has 0 heterocycles. The zero-order chi connectivity index (χ0) is 10.7. The standard InChI is InChI=1S/C10H10BrIO2/c1-3-14-9-5-7(6(2)13)4-8(12)10(9)11/h4-5H,3H2,1-2H3. The first-order valence-corrected chi connectivity index (χ1v) is 6.06.